The summed E-state index contributed by atoms with van der Waals surface area (Å²) in [7, 11) is 0. The van der Waals surface area contributed by atoms with Crippen molar-refractivity contribution in [2.75, 3.05) is 0 Å². The fourth-order valence-electron chi connectivity index (χ4n) is 2.20. The number of rotatable bonds is 2. The summed E-state index contributed by atoms with van der Waals surface area (Å²) in [6, 6.07) is 11.3. The van der Waals surface area contributed by atoms with Crippen LogP contribution >= 0.6 is 15.9 Å². The molecule has 1 aromatic heterocycles. The summed E-state index contributed by atoms with van der Waals surface area (Å²) >= 11 is 3.16. The number of aromatic amines is 1. The van der Waals surface area contributed by atoms with E-state index in [0.29, 0.717) is 21.0 Å². The number of ketones is 1. The van der Waals surface area contributed by atoms with Gasteiger partial charge in [0.2, 0.25) is 0 Å². The molecule has 0 radical (unpaired) electrons. The minimum Gasteiger partial charge on any atom is -0.360 e. The van der Waals surface area contributed by atoms with Crippen LogP contribution < -0.4 is 0 Å². The molecule has 1 N–H and O–H groups in total. The average molecular weight is 343 g/mol. The number of carbonyl (C=O) groups excluding carboxylic acids is 1. The van der Waals surface area contributed by atoms with Crippen LogP contribution in [-0.2, 0) is 0 Å². The lowest BCUT2D eigenvalue weighted by molar-refractivity contribution is 0.103. The Labute approximate surface area is 128 Å². The highest BCUT2D eigenvalue weighted by molar-refractivity contribution is 9.10. The zero-order chi connectivity index (χ0) is 15.0. The third-order valence-corrected chi connectivity index (χ3v) is 3.72. The Bertz CT molecular complexity index is 908. The van der Waals surface area contributed by atoms with Gasteiger partial charge in [-0.25, -0.2) is 4.39 Å². The van der Waals surface area contributed by atoms with Gasteiger partial charge in [0.25, 0.3) is 0 Å². The molecule has 0 aliphatic rings. The summed E-state index contributed by atoms with van der Waals surface area (Å²) in [5, 5.41) is 9.56. The van der Waals surface area contributed by atoms with Crippen LogP contribution in [0.3, 0.4) is 0 Å². The number of hydrogen-bond acceptors (Lipinski definition) is 2. The molecule has 0 saturated carbocycles. The van der Waals surface area contributed by atoms with E-state index < -0.39 is 11.6 Å². The molecule has 0 unspecified atom stereocenters. The second kappa shape index (κ2) is 5.15. The van der Waals surface area contributed by atoms with Crippen molar-refractivity contribution in [3.8, 4) is 6.07 Å². The van der Waals surface area contributed by atoms with Gasteiger partial charge >= 0.3 is 0 Å². The molecule has 3 aromatic rings. The molecule has 0 atom stereocenters. The SMILES string of the molecule is N#Cc1ccc2[nH]cc(C(=O)c3ccc(Br)cc3F)c2c1. The van der Waals surface area contributed by atoms with Gasteiger partial charge in [0.1, 0.15) is 5.82 Å². The van der Waals surface area contributed by atoms with Gasteiger partial charge in [0.15, 0.2) is 5.78 Å². The summed E-state index contributed by atoms with van der Waals surface area (Å²) < 4.78 is 14.5. The summed E-state index contributed by atoms with van der Waals surface area (Å²) in [5.74, 6) is -0.999. The van der Waals surface area contributed by atoms with Crippen molar-refractivity contribution in [3.05, 3.63) is 69.6 Å². The first-order chi connectivity index (χ1) is 10.1. The molecule has 2 aromatic carbocycles. The molecule has 0 amide bonds. The number of carbonyl (C=O) groups is 1. The maximum atomic E-state index is 13.9. The normalized spacial score (nSPS) is 10.5. The van der Waals surface area contributed by atoms with Crippen molar-refractivity contribution in [1.82, 2.24) is 4.98 Å². The average Bonchev–Trinajstić information content (AvgIpc) is 2.89. The Hall–Kier alpha value is -2.45. The maximum Gasteiger partial charge on any atom is 0.198 e. The molecular weight excluding hydrogens is 335 g/mol. The Morgan fingerprint density at radius 2 is 2.00 bits per heavy atom. The number of nitrogens with zero attached hydrogens (tertiary/aromatic N) is 1. The van der Waals surface area contributed by atoms with Gasteiger partial charge in [-0.15, -0.1) is 0 Å². The van der Waals surface area contributed by atoms with E-state index in [1.807, 2.05) is 6.07 Å². The lowest BCUT2D eigenvalue weighted by Crippen LogP contribution is -2.03. The predicted octanol–water partition coefficient (Wildman–Crippen LogP) is 4.17. The molecule has 21 heavy (non-hydrogen) atoms. The highest BCUT2D eigenvalue weighted by Gasteiger charge is 2.18. The molecule has 3 rings (SSSR count). The number of aromatic nitrogens is 1. The maximum absolute atomic E-state index is 13.9. The van der Waals surface area contributed by atoms with Gasteiger partial charge in [-0.3, -0.25) is 4.79 Å². The van der Waals surface area contributed by atoms with Crippen molar-refractivity contribution in [1.29, 1.82) is 5.26 Å². The molecule has 0 bridgehead atoms. The minimum absolute atomic E-state index is 0.00135. The van der Waals surface area contributed by atoms with Gasteiger partial charge in [-0.05, 0) is 36.4 Å². The lowest BCUT2D eigenvalue weighted by Gasteiger charge is -2.02. The molecule has 1 heterocycles. The first-order valence-corrected chi connectivity index (χ1v) is 6.90. The molecular formula is C16H8BrFN2O. The van der Waals surface area contributed by atoms with E-state index >= 15 is 0 Å². The van der Waals surface area contributed by atoms with Crippen LogP contribution in [0.2, 0.25) is 0 Å². The third kappa shape index (κ3) is 2.34. The highest BCUT2D eigenvalue weighted by atomic mass is 79.9. The molecule has 102 valence electrons. The van der Waals surface area contributed by atoms with E-state index in [2.05, 4.69) is 20.9 Å². The van der Waals surface area contributed by atoms with Crippen LogP contribution in [0.15, 0.2) is 47.1 Å². The lowest BCUT2D eigenvalue weighted by atomic mass is 10.0. The van der Waals surface area contributed by atoms with Crippen LogP contribution in [-0.4, -0.2) is 10.8 Å². The minimum atomic E-state index is -0.583. The van der Waals surface area contributed by atoms with Gasteiger partial charge in [-0.1, -0.05) is 15.9 Å². The highest BCUT2D eigenvalue weighted by Crippen LogP contribution is 2.24. The number of hydrogen-bond donors (Lipinski definition) is 1. The molecule has 3 nitrogen and oxygen atoms in total. The van der Waals surface area contributed by atoms with Crippen molar-refractivity contribution in [2.24, 2.45) is 0 Å². The Morgan fingerprint density at radius 3 is 2.71 bits per heavy atom. The molecule has 0 aliphatic carbocycles. The van der Waals surface area contributed by atoms with Crippen LogP contribution in [0.1, 0.15) is 21.5 Å². The van der Waals surface area contributed by atoms with E-state index in [0.717, 1.165) is 5.52 Å². The van der Waals surface area contributed by atoms with Crippen LogP contribution in [0.25, 0.3) is 10.9 Å². The number of nitrogens with one attached hydrogen (secondary N) is 1. The third-order valence-electron chi connectivity index (χ3n) is 3.23. The first kappa shape index (κ1) is 13.5. The van der Waals surface area contributed by atoms with Crippen molar-refractivity contribution in [3.63, 3.8) is 0 Å². The Morgan fingerprint density at radius 1 is 1.19 bits per heavy atom. The Balaban J connectivity index is 2.16. The fourth-order valence-corrected chi connectivity index (χ4v) is 2.53. The summed E-state index contributed by atoms with van der Waals surface area (Å²) in [6.07, 6.45) is 1.54. The van der Waals surface area contributed by atoms with E-state index in [9.17, 15) is 9.18 Å². The fraction of sp³-hybridized carbons (Fsp3) is 0. The van der Waals surface area contributed by atoms with Crippen molar-refractivity contribution in [2.45, 2.75) is 0 Å². The zero-order valence-electron chi connectivity index (χ0n) is 10.7. The van der Waals surface area contributed by atoms with Gasteiger partial charge in [0.05, 0.1) is 17.2 Å². The second-order valence-electron chi connectivity index (χ2n) is 4.53. The first-order valence-electron chi connectivity index (χ1n) is 6.11. The zero-order valence-corrected chi connectivity index (χ0v) is 12.2. The quantitative estimate of drug-likeness (QED) is 0.710. The monoisotopic (exact) mass is 342 g/mol. The number of benzene rings is 2. The number of nitriles is 1. The standard InChI is InChI=1S/C16H8BrFN2O/c17-10-2-3-11(14(18)6-10)16(21)13-8-20-15-4-1-9(7-19)5-12(13)15/h1-6,8,20H. The summed E-state index contributed by atoms with van der Waals surface area (Å²) in [6.45, 7) is 0. The Kier molecular flexibility index (Phi) is 3.32. The number of H-pyrrole nitrogens is 1. The molecule has 0 fully saturated rings. The van der Waals surface area contributed by atoms with Crippen molar-refractivity contribution < 1.29 is 9.18 Å². The smallest absolute Gasteiger partial charge is 0.198 e. The summed E-state index contributed by atoms with van der Waals surface area (Å²) in [5.41, 5.74) is 1.53. The number of fused-ring (bicyclic) bond motifs is 1. The van der Waals surface area contributed by atoms with Crippen LogP contribution in [0, 0.1) is 17.1 Å². The van der Waals surface area contributed by atoms with Gasteiger partial charge < -0.3 is 4.98 Å². The topological polar surface area (TPSA) is 56.6 Å². The molecule has 0 saturated heterocycles. The molecule has 5 heteroatoms. The largest absolute Gasteiger partial charge is 0.360 e. The van der Waals surface area contributed by atoms with E-state index in [4.69, 9.17) is 5.26 Å². The molecule has 0 spiro atoms. The van der Waals surface area contributed by atoms with Gasteiger partial charge in [0, 0.05) is 27.1 Å². The van der Waals surface area contributed by atoms with Crippen molar-refractivity contribution >= 4 is 32.6 Å². The van der Waals surface area contributed by atoms with Gasteiger partial charge in [-0.2, -0.15) is 5.26 Å². The predicted molar refractivity (Wildman–Crippen MR) is 80.5 cm³/mol. The molecule has 0 aliphatic heterocycles. The summed E-state index contributed by atoms with van der Waals surface area (Å²) in [4.78, 5) is 15.5. The van der Waals surface area contributed by atoms with E-state index in [1.54, 1.807) is 24.3 Å². The second-order valence-corrected chi connectivity index (χ2v) is 5.44. The van der Waals surface area contributed by atoms with E-state index in [-0.39, 0.29) is 5.56 Å². The number of halogens is 2. The van der Waals surface area contributed by atoms with E-state index in [1.165, 1.54) is 18.3 Å². The van der Waals surface area contributed by atoms with Crippen LogP contribution in [0.4, 0.5) is 4.39 Å². The van der Waals surface area contributed by atoms with Crippen LogP contribution in [0.5, 0.6) is 0 Å².